The smallest absolute Gasteiger partial charge is 0.0707 e. The van der Waals surface area contributed by atoms with E-state index in [1.165, 1.54) is 25.7 Å². The van der Waals surface area contributed by atoms with Gasteiger partial charge < -0.3 is 14.8 Å². The van der Waals surface area contributed by atoms with Crippen molar-refractivity contribution >= 4 is 0 Å². The van der Waals surface area contributed by atoms with Gasteiger partial charge in [-0.3, -0.25) is 4.90 Å². The van der Waals surface area contributed by atoms with Crippen molar-refractivity contribution in [3.8, 4) is 0 Å². The van der Waals surface area contributed by atoms with Crippen LogP contribution in [0.4, 0.5) is 0 Å². The normalized spacial score (nSPS) is 32.5. The molecule has 0 aliphatic carbocycles. The molecule has 2 aliphatic rings. The lowest BCUT2D eigenvalue weighted by Gasteiger charge is -2.26. The van der Waals surface area contributed by atoms with E-state index >= 15 is 0 Å². The Labute approximate surface area is 111 Å². The third kappa shape index (κ3) is 4.19. The quantitative estimate of drug-likeness (QED) is 0.695. The minimum atomic E-state index is 0.420. The fraction of sp³-hybridized carbons (Fsp3) is 1.00. The van der Waals surface area contributed by atoms with Crippen molar-refractivity contribution in [2.75, 3.05) is 39.9 Å². The Hall–Kier alpha value is -0.160. The highest BCUT2D eigenvalue weighted by atomic mass is 16.5. The summed E-state index contributed by atoms with van der Waals surface area (Å²) in [5, 5.41) is 3.45. The van der Waals surface area contributed by atoms with Gasteiger partial charge in [0.1, 0.15) is 0 Å². The van der Waals surface area contributed by atoms with Gasteiger partial charge in [-0.05, 0) is 39.3 Å². The largest absolute Gasteiger partial charge is 0.380 e. The molecule has 0 saturated carbocycles. The summed E-state index contributed by atoms with van der Waals surface area (Å²) in [6.45, 7) is 7.18. The van der Waals surface area contributed by atoms with Crippen LogP contribution < -0.4 is 5.32 Å². The summed E-state index contributed by atoms with van der Waals surface area (Å²) >= 11 is 0. The molecule has 2 aliphatic heterocycles. The van der Waals surface area contributed by atoms with Crippen LogP contribution in [-0.4, -0.2) is 63.0 Å². The third-order valence-electron chi connectivity index (χ3n) is 4.01. The van der Waals surface area contributed by atoms with Crippen LogP contribution in [0.5, 0.6) is 0 Å². The molecule has 3 atom stereocenters. The van der Waals surface area contributed by atoms with E-state index in [0.717, 1.165) is 32.8 Å². The van der Waals surface area contributed by atoms with E-state index in [4.69, 9.17) is 9.47 Å². The molecule has 4 nitrogen and oxygen atoms in total. The average molecular weight is 256 g/mol. The zero-order valence-electron chi connectivity index (χ0n) is 11.9. The van der Waals surface area contributed by atoms with Crippen molar-refractivity contribution in [1.29, 1.82) is 0 Å². The lowest BCUT2D eigenvalue weighted by atomic mass is 10.1. The average Bonchev–Trinajstić information content (AvgIpc) is 3.00. The fourth-order valence-electron chi connectivity index (χ4n) is 2.84. The molecule has 0 aromatic carbocycles. The highest BCUT2D eigenvalue weighted by Crippen LogP contribution is 2.21. The Kier molecular flexibility index (Phi) is 5.89. The van der Waals surface area contributed by atoms with E-state index in [9.17, 15) is 0 Å². The van der Waals surface area contributed by atoms with Crippen LogP contribution in [0.1, 0.15) is 32.6 Å². The van der Waals surface area contributed by atoms with Crippen molar-refractivity contribution in [2.45, 2.75) is 50.9 Å². The predicted octanol–water partition coefficient (Wildman–Crippen LogP) is 1.25. The van der Waals surface area contributed by atoms with Gasteiger partial charge in [-0.2, -0.15) is 0 Å². The number of hydrogen-bond donors (Lipinski definition) is 1. The second kappa shape index (κ2) is 7.43. The Balaban J connectivity index is 1.62. The minimum absolute atomic E-state index is 0.420. The van der Waals surface area contributed by atoms with Gasteiger partial charge in [-0.25, -0.2) is 0 Å². The molecule has 0 amide bonds. The van der Waals surface area contributed by atoms with Crippen LogP contribution in [0.15, 0.2) is 0 Å². The standard InChI is InChI=1S/C14H28N2O2/c1-3-7-15-9-13-4-5-14(18-13)10-16(2)12-6-8-17-11-12/h12-15H,3-11H2,1-2H3. The number of hydrogen-bond acceptors (Lipinski definition) is 4. The zero-order chi connectivity index (χ0) is 12.8. The summed E-state index contributed by atoms with van der Waals surface area (Å²) in [6.07, 6.45) is 5.62. The first-order valence-electron chi connectivity index (χ1n) is 7.43. The molecule has 2 fully saturated rings. The van der Waals surface area contributed by atoms with Crippen molar-refractivity contribution in [3.05, 3.63) is 0 Å². The van der Waals surface area contributed by atoms with Gasteiger partial charge in [0.05, 0.1) is 18.8 Å². The van der Waals surface area contributed by atoms with Crippen LogP contribution >= 0.6 is 0 Å². The maximum Gasteiger partial charge on any atom is 0.0707 e. The van der Waals surface area contributed by atoms with Gasteiger partial charge in [-0.15, -0.1) is 0 Å². The molecule has 1 N–H and O–H groups in total. The van der Waals surface area contributed by atoms with Crippen LogP contribution in [0.25, 0.3) is 0 Å². The number of nitrogens with one attached hydrogen (secondary N) is 1. The molecule has 106 valence electrons. The molecule has 2 saturated heterocycles. The van der Waals surface area contributed by atoms with E-state index in [1.807, 2.05) is 0 Å². The Bertz CT molecular complexity index is 232. The molecule has 0 aromatic rings. The molecule has 18 heavy (non-hydrogen) atoms. The zero-order valence-corrected chi connectivity index (χ0v) is 11.9. The predicted molar refractivity (Wildman–Crippen MR) is 72.9 cm³/mol. The number of rotatable bonds is 7. The van der Waals surface area contributed by atoms with Crippen LogP contribution in [-0.2, 0) is 9.47 Å². The first-order valence-corrected chi connectivity index (χ1v) is 7.43. The van der Waals surface area contributed by atoms with Crippen molar-refractivity contribution in [3.63, 3.8) is 0 Å². The van der Waals surface area contributed by atoms with Crippen molar-refractivity contribution in [2.24, 2.45) is 0 Å². The van der Waals surface area contributed by atoms with E-state index in [0.29, 0.717) is 18.2 Å². The first-order chi connectivity index (χ1) is 8.79. The molecule has 0 radical (unpaired) electrons. The van der Waals surface area contributed by atoms with Gasteiger partial charge in [0.2, 0.25) is 0 Å². The highest BCUT2D eigenvalue weighted by Gasteiger charge is 2.28. The SMILES string of the molecule is CCCNCC1CCC(CN(C)C2CCOC2)O1. The highest BCUT2D eigenvalue weighted by molar-refractivity contribution is 4.80. The Morgan fingerprint density at radius 1 is 1.22 bits per heavy atom. The number of nitrogens with zero attached hydrogens (tertiary/aromatic N) is 1. The van der Waals surface area contributed by atoms with Gasteiger partial charge in [-0.1, -0.05) is 6.92 Å². The number of ether oxygens (including phenoxy) is 2. The molecular weight excluding hydrogens is 228 g/mol. The van der Waals surface area contributed by atoms with Crippen LogP contribution in [0.3, 0.4) is 0 Å². The second-order valence-electron chi connectivity index (χ2n) is 5.62. The molecule has 0 spiro atoms. The molecule has 3 unspecified atom stereocenters. The van der Waals surface area contributed by atoms with E-state index in [2.05, 4.69) is 24.2 Å². The minimum Gasteiger partial charge on any atom is -0.380 e. The van der Waals surface area contributed by atoms with E-state index < -0.39 is 0 Å². The lowest BCUT2D eigenvalue weighted by Crippen LogP contribution is -2.38. The van der Waals surface area contributed by atoms with Crippen molar-refractivity contribution in [1.82, 2.24) is 10.2 Å². The molecule has 0 bridgehead atoms. The summed E-state index contributed by atoms with van der Waals surface area (Å²) in [4.78, 5) is 2.42. The number of likely N-dealkylation sites (N-methyl/N-ethyl adjacent to an activating group) is 1. The topological polar surface area (TPSA) is 33.7 Å². The summed E-state index contributed by atoms with van der Waals surface area (Å²) < 4.78 is 11.5. The Morgan fingerprint density at radius 3 is 2.78 bits per heavy atom. The maximum atomic E-state index is 6.09. The van der Waals surface area contributed by atoms with Gasteiger partial charge >= 0.3 is 0 Å². The fourth-order valence-corrected chi connectivity index (χ4v) is 2.84. The molecule has 0 aromatic heterocycles. The van der Waals surface area contributed by atoms with Crippen LogP contribution in [0.2, 0.25) is 0 Å². The maximum absolute atomic E-state index is 6.09. The molecule has 4 heteroatoms. The second-order valence-corrected chi connectivity index (χ2v) is 5.62. The molecular formula is C14H28N2O2. The lowest BCUT2D eigenvalue weighted by molar-refractivity contribution is 0.0196. The third-order valence-corrected chi connectivity index (χ3v) is 4.01. The Morgan fingerprint density at radius 2 is 2.06 bits per heavy atom. The monoisotopic (exact) mass is 256 g/mol. The summed E-state index contributed by atoms with van der Waals surface area (Å²) in [6, 6.07) is 0.603. The molecule has 2 heterocycles. The first kappa shape index (κ1) is 14.3. The van der Waals surface area contributed by atoms with E-state index in [1.54, 1.807) is 0 Å². The summed E-state index contributed by atoms with van der Waals surface area (Å²) in [5.41, 5.74) is 0. The van der Waals surface area contributed by atoms with Crippen molar-refractivity contribution < 1.29 is 9.47 Å². The molecule has 2 rings (SSSR count). The van der Waals surface area contributed by atoms with Crippen LogP contribution in [0, 0.1) is 0 Å². The van der Waals surface area contributed by atoms with Gasteiger partial charge in [0.25, 0.3) is 0 Å². The summed E-state index contributed by atoms with van der Waals surface area (Å²) in [7, 11) is 2.20. The van der Waals surface area contributed by atoms with E-state index in [-0.39, 0.29) is 0 Å². The van der Waals surface area contributed by atoms with Gasteiger partial charge in [0.15, 0.2) is 0 Å². The summed E-state index contributed by atoms with van der Waals surface area (Å²) in [5.74, 6) is 0. The van der Waals surface area contributed by atoms with Gasteiger partial charge in [0, 0.05) is 25.7 Å².